The van der Waals surface area contributed by atoms with Crippen LogP contribution in [0.5, 0.6) is 0 Å². The second-order valence-corrected chi connectivity index (χ2v) is 5.70. The topological polar surface area (TPSA) is 90.9 Å². The van der Waals surface area contributed by atoms with Crippen molar-refractivity contribution in [1.29, 1.82) is 0 Å². The zero-order valence-electron chi connectivity index (χ0n) is 11.3. The van der Waals surface area contributed by atoms with Crippen LogP contribution in [0.15, 0.2) is 11.3 Å². The zero-order chi connectivity index (χ0) is 14.2. The van der Waals surface area contributed by atoms with Crippen LogP contribution in [0.1, 0.15) is 27.2 Å². The lowest BCUT2D eigenvalue weighted by Crippen LogP contribution is -2.43. The van der Waals surface area contributed by atoms with Crippen molar-refractivity contribution in [3.63, 3.8) is 0 Å². The highest BCUT2D eigenvalue weighted by Gasteiger charge is 2.36. The molecule has 0 saturated carbocycles. The second kappa shape index (κ2) is 4.73. The fourth-order valence-electron chi connectivity index (χ4n) is 2.14. The quantitative estimate of drug-likeness (QED) is 0.640. The first-order chi connectivity index (χ1) is 8.78. The van der Waals surface area contributed by atoms with Crippen molar-refractivity contribution in [2.24, 2.45) is 0 Å². The minimum Gasteiger partial charge on any atom is -0.480 e. The van der Waals surface area contributed by atoms with Crippen LogP contribution in [0.25, 0.3) is 0 Å². The summed E-state index contributed by atoms with van der Waals surface area (Å²) in [5.74, 6) is -0.955. The first-order valence-electron chi connectivity index (χ1n) is 6.22. The smallest absolute Gasteiger partial charge is 0.410 e. The van der Waals surface area contributed by atoms with E-state index >= 15 is 0 Å². The minimum atomic E-state index is -0.955. The monoisotopic (exact) mass is 269 g/mol. The highest BCUT2D eigenvalue weighted by Crippen LogP contribution is 2.24. The number of aliphatic carboxylic acids is 1. The van der Waals surface area contributed by atoms with Crippen LogP contribution < -0.4 is 10.9 Å². The number of amides is 1. The average molecular weight is 269 g/mol. The van der Waals surface area contributed by atoms with E-state index in [0.29, 0.717) is 18.5 Å². The van der Waals surface area contributed by atoms with Gasteiger partial charge in [-0.05, 0) is 26.3 Å². The fourth-order valence-corrected chi connectivity index (χ4v) is 2.14. The molecule has 1 atom stereocenters. The number of rotatable bonds is 1. The summed E-state index contributed by atoms with van der Waals surface area (Å²) in [6.45, 7) is 6.21. The van der Waals surface area contributed by atoms with Crippen molar-refractivity contribution in [3.05, 3.63) is 11.3 Å². The number of hydrazine groups is 1. The first kappa shape index (κ1) is 13.7. The van der Waals surface area contributed by atoms with Crippen molar-refractivity contribution < 1.29 is 19.4 Å². The molecular weight excluding hydrogens is 250 g/mol. The van der Waals surface area contributed by atoms with Gasteiger partial charge in [0.1, 0.15) is 11.6 Å². The van der Waals surface area contributed by atoms with E-state index in [-0.39, 0.29) is 6.54 Å². The van der Waals surface area contributed by atoms with Crippen molar-refractivity contribution >= 4 is 12.1 Å². The number of hydrogen-bond acceptors (Lipinski definition) is 5. The molecule has 1 amide bonds. The van der Waals surface area contributed by atoms with Crippen LogP contribution in [-0.4, -0.2) is 46.8 Å². The Balaban J connectivity index is 2.06. The lowest BCUT2D eigenvalue weighted by atomic mass is 10.0. The molecule has 3 N–H and O–H groups in total. The van der Waals surface area contributed by atoms with Crippen LogP contribution >= 0.6 is 0 Å². The van der Waals surface area contributed by atoms with Crippen molar-refractivity contribution in [1.82, 2.24) is 15.8 Å². The molecule has 0 aliphatic carbocycles. The molecule has 0 aromatic heterocycles. The standard InChI is InChI=1S/C12H19N3O4/c1-12(2,3)19-11(18)15-5-4-8-7(6-15)9(10(16)17)14-13-8/h9,13-14H,4-6H2,1-3H3,(H,16,17). The van der Waals surface area contributed by atoms with E-state index in [2.05, 4.69) is 10.9 Å². The average Bonchev–Trinajstić information content (AvgIpc) is 2.68. The summed E-state index contributed by atoms with van der Waals surface area (Å²) >= 11 is 0. The Bertz CT molecular complexity index is 439. The molecule has 0 aromatic carbocycles. The molecule has 7 nitrogen and oxygen atoms in total. The lowest BCUT2D eigenvalue weighted by molar-refractivity contribution is -0.138. The molecule has 0 aromatic rings. The summed E-state index contributed by atoms with van der Waals surface area (Å²) in [6.07, 6.45) is 0.195. The molecule has 2 aliphatic heterocycles. The maximum absolute atomic E-state index is 12.0. The van der Waals surface area contributed by atoms with Gasteiger partial charge in [0.2, 0.25) is 0 Å². The Morgan fingerprint density at radius 3 is 2.68 bits per heavy atom. The molecule has 2 aliphatic rings. The number of carbonyl (C=O) groups is 2. The number of nitrogens with one attached hydrogen (secondary N) is 2. The molecule has 2 heterocycles. The van der Waals surface area contributed by atoms with Gasteiger partial charge in [-0.15, -0.1) is 0 Å². The van der Waals surface area contributed by atoms with Crippen LogP contribution in [0.3, 0.4) is 0 Å². The Labute approximate surface area is 111 Å². The molecule has 106 valence electrons. The number of carbonyl (C=O) groups excluding carboxylic acids is 1. The number of hydrogen-bond donors (Lipinski definition) is 3. The lowest BCUT2D eigenvalue weighted by Gasteiger charge is -2.30. The number of ether oxygens (including phenoxy) is 1. The van der Waals surface area contributed by atoms with Crippen molar-refractivity contribution in [3.8, 4) is 0 Å². The van der Waals surface area contributed by atoms with Gasteiger partial charge in [-0.25, -0.2) is 10.2 Å². The van der Waals surface area contributed by atoms with Gasteiger partial charge in [0.25, 0.3) is 0 Å². The summed E-state index contributed by atoms with van der Waals surface area (Å²) in [5.41, 5.74) is 6.59. The van der Waals surface area contributed by atoms with Crippen LogP contribution in [0.2, 0.25) is 0 Å². The van der Waals surface area contributed by atoms with E-state index in [1.54, 1.807) is 20.8 Å². The Morgan fingerprint density at radius 2 is 2.11 bits per heavy atom. The third-order valence-corrected chi connectivity index (χ3v) is 3.00. The fraction of sp³-hybridized carbons (Fsp3) is 0.667. The minimum absolute atomic E-state index is 0.279. The molecule has 1 unspecified atom stereocenters. The summed E-state index contributed by atoms with van der Waals surface area (Å²) in [7, 11) is 0. The summed E-state index contributed by atoms with van der Waals surface area (Å²) in [6, 6.07) is -0.778. The molecule has 0 fully saturated rings. The molecule has 0 spiro atoms. The highest BCUT2D eigenvalue weighted by atomic mass is 16.6. The van der Waals surface area contributed by atoms with Crippen molar-refractivity contribution in [2.45, 2.75) is 38.8 Å². The van der Waals surface area contributed by atoms with Gasteiger partial charge in [0.05, 0.1) is 0 Å². The molecule has 0 bridgehead atoms. The first-order valence-corrected chi connectivity index (χ1v) is 6.22. The van der Waals surface area contributed by atoms with Gasteiger partial charge in [-0.3, -0.25) is 4.79 Å². The van der Waals surface area contributed by atoms with E-state index < -0.39 is 23.7 Å². The molecule has 2 rings (SSSR count). The summed E-state index contributed by atoms with van der Waals surface area (Å²) in [4.78, 5) is 24.6. The van der Waals surface area contributed by atoms with Gasteiger partial charge in [-0.1, -0.05) is 0 Å². The van der Waals surface area contributed by atoms with Gasteiger partial charge in [0.15, 0.2) is 0 Å². The highest BCUT2D eigenvalue weighted by molar-refractivity contribution is 5.79. The van der Waals surface area contributed by atoms with E-state index in [1.807, 2.05) is 0 Å². The molecule has 19 heavy (non-hydrogen) atoms. The van der Waals surface area contributed by atoms with Crippen LogP contribution in [0, 0.1) is 0 Å². The largest absolute Gasteiger partial charge is 0.480 e. The van der Waals surface area contributed by atoms with E-state index in [4.69, 9.17) is 9.84 Å². The third kappa shape index (κ3) is 2.98. The third-order valence-electron chi connectivity index (χ3n) is 3.00. The Hall–Kier alpha value is -1.76. The van der Waals surface area contributed by atoms with Gasteiger partial charge in [-0.2, -0.15) is 0 Å². The summed E-state index contributed by atoms with van der Waals surface area (Å²) in [5, 5.41) is 9.09. The predicted molar refractivity (Wildman–Crippen MR) is 67.1 cm³/mol. The van der Waals surface area contributed by atoms with Gasteiger partial charge in [0, 0.05) is 25.2 Å². The Kier molecular flexibility index (Phi) is 3.40. The summed E-state index contributed by atoms with van der Waals surface area (Å²) < 4.78 is 5.30. The molecule has 0 radical (unpaired) electrons. The van der Waals surface area contributed by atoms with E-state index in [1.165, 1.54) is 4.90 Å². The predicted octanol–water partition coefficient (Wildman–Crippen LogP) is 0.442. The molecule has 7 heteroatoms. The SMILES string of the molecule is CC(C)(C)OC(=O)N1CCC2=C(C1)C(C(=O)O)NN2. The van der Waals surface area contributed by atoms with E-state index in [0.717, 1.165) is 5.70 Å². The van der Waals surface area contributed by atoms with Crippen LogP contribution in [-0.2, 0) is 9.53 Å². The maximum atomic E-state index is 12.0. The molecule has 0 saturated heterocycles. The Morgan fingerprint density at radius 1 is 1.42 bits per heavy atom. The number of nitrogens with zero attached hydrogens (tertiary/aromatic N) is 1. The molecular formula is C12H19N3O4. The normalized spacial score (nSPS) is 22.9. The van der Waals surface area contributed by atoms with Crippen LogP contribution in [0.4, 0.5) is 4.79 Å². The number of carboxylic acid groups (broad SMARTS) is 1. The second-order valence-electron chi connectivity index (χ2n) is 5.70. The van der Waals surface area contributed by atoms with Gasteiger partial charge >= 0.3 is 12.1 Å². The van der Waals surface area contributed by atoms with E-state index in [9.17, 15) is 9.59 Å². The van der Waals surface area contributed by atoms with Crippen molar-refractivity contribution in [2.75, 3.05) is 13.1 Å². The zero-order valence-corrected chi connectivity index (χ0v) is 11.3. The maximum Gasteiger partial charge on any atom is 0.410 e. The van der Waals surface area contributed by atoms with Gasteiger partial charge < -0.3 is 20.2 Å². The number of carboxylic acids is 1.